The molecule has 1 N–H and O–H groups in total. The van der Waals surface area contributed by atoms with Crippen molar-refractivity contribution in [3.63, 3.8) is 0 Å². The summed E-state index contributed by atoms with van der Waals surface area (Å²) in [5.74, 6) is 0.321. The zero-order chi connectivity index (χ0) is 11.1. The van der Waals surface area contributed by atoms with Gasteiger partial charge in [0, 0.05) is 0 Å². The van der Waals surface area contributed by atoms with Gasteiger partial charge < -0.3 is 5.11 Å². The summed E-state index contributed by atoms with van der Waals surface area (Å²) in [6.45, 7) is 6.26. The standard InChI is InChI=1S/C14H20O/c1-3-4-5-6-8-12(2)13-9-7-10-14(15)11-13/h7,9-11,15H,2-6,8H2,1H3. The van der Waals surface area contributed by atoms with E-state index in [1.807, 2.05) is 12.1 Å². The molecule has 1 aromatic rings. The van der Waals surface area contributed by atoms with E-state index in [1.54, 1.807) is 12.1 Å². The Morgan fingerprint density at radius 3 is 2.73 bits per heavy atom. The van der Waals surface area contributed by atoms with Crippen molar-refractivity contribution in [2.45, 2.75) is 39.0 Å². The van der Waals surface area contributed by atoms with Crippen LogP contribution in [0, 0.1) is 0 Å². The third-order valence-corrected chi connectivity index (χ3v) is 2.59. The molecule has 0 aliphatic rings. The van der Waals surface area contributed by atoms with Gasteiger partial charge in [-0.3, -0.25) is 0 Å². The molecule has 1 rings (SSSR count). The molecule has 15 heavy (non-hydrogen) atoms. The first-order chi connectivity index (χ1) is 7.24. The third-order valence-electron chi connectivity index (χ3n) is 2.59. The van der Waals surface area contributed by atoms with Gasteiger partial charge in [0.05, 0.1) is 0 Å². The van der Waals surface area contributed by atoms with Crippen LogP contribution in [-0.2, 0) is 0 Å². The van der Waals surface area contributed by atoms with Gasteiger partial charge in [0.1, 0.15) is 5.75 Å². The van der Waals surface area contributed by atoms with E-state index in [1.165, 1.54) is 25.7 Å². The maximum atomic E-state index is 9.33. The van der Waals surface area contributed by atoms with Gasteiger partial charge in [-0.2, -0.15) is 0 Å². The predicted molar refractivity (Wildman–Crippen MR) is 65.9 cm³/mol. The minimum atomic E-state index is 0.321. The molecule has 0 fully saturated rings. The maximum absolute atomic E-state index is 9.33. The number of aromatic hydroxyl groups is 1. The second-order valence-electron chi connectivity index (χ2n) is 3.96. The molecule has 1 aromatic carbocycles. The smallest absolute Gasteiger partial charge is 0.116 e. The largest absolute Gasteiger partial charge is 0.508 e. The van der Waals surface area contributed by atoms with Crippen LogP contribution in [0.4, 0.5) is 0 Å². The number of unbranched alkanes of at least 4 members (excludes halogenated alkanes) is 3. The number of allylic oxidation sites excluding steroid dienone is 1. The summed E-state index contributed by atoms with van der Waals surface area (Å²) >= 11 is 0. The lowest BCUT2D eigenvalue weighted by Gasteiger charge is -2.06. The van der Waals surface area contributed by atoms with Crippen LogP contribution < -0.4 is 0 Å². The average Bonchev–Trinajstić information content (AvgIpc) is 2.24. The van der Waals surface area contributed by atoms with Gasteiger partial charge in [0.2, 0.25) is 0 Å². The zero-order valence-electron chi connectivity index (χ0n) is 9.50. The third kappa shape index (κ3) is 4.20. The van der Waals surface area contributed by atoms with Crippen LogP contribution >= 0.6 is 0 Å². The number of phenolic OH excluding ortho intramolecular Hbond substituents is 1. The molecular formula is C14H20O. The van der Waals surface area contributed by atoms with E-state index in [-0.39, 0.29) is 0 Å². The van der Waals surface area contributed by atoms with Gasteiger partial charge in [-0.25, -0.2) is 0 Å². The van der Waals surface area contributed by atoms with E-state index < -0.39 is 0 Å². The molecule has 0 radical (unpaired) electrons. The van der Waals surface area contributed by atoms with E-state index in [4.69, 9.17) is 0 Å². The Bertz CT molecular complexity index is 315. The van der Waals surface area contributed by atoms with Crippen molar-refractivity contribution < 1.29 is 5.11 Å². The van der Waals surface area contributed by atoms with Crippen LogP contribution in [0.1, 0.15) is 44.6 Å². The van der Waals surface area contributed by atoms with Crippen LogP contribution in [0.5, 0.6) is 5.75 Å². The van der Waals surface area contributed by atoms with E-state index in [0.717, 1.165) is 17.6 Å². The van der Waals surface area contributed by atoms with E-state index >= 15 is 0 Å². The molecule has 1 nitrogen and oxygen atoms in total. The highest BCUT2D eigenvalue weighted by Crippen LogP contribution is 2.22. The normalized spacial score (nSPS) is 10.2. The topological polar surface area (TPSA) is 20.2 Å². The van der Waals surface area contributed by atoms with E-state index in [0.29, 0.717) is 5.75 Å². The fourth-order valence-electron chi connectivity index (χ4n) is 1.64. The summed E-state index contributed by atoms with van der Waals surface area (Å²) in [4.78, 5) is 0. The number of hydrogen-bond acceptors (Lipinski definition) is 1. The van der Waals surface area contributed by atoms with Crippen molar-refractivity contribution in [2.24, 2.45) is 0 Å². The number of hydrogen-bond donors (Lipinski definition) is 1. The Morgan fingerprint density at radius 1 is 1.27 bits per heavy atom. The summed E-state index contributed by atoms with van der Waals surface area (Å²) < 4.78 is 0. The summed E-state index contributed by atoms with van der Waals surface area (Å²) in [5, 5.41) is 9.33. The zero-order valence-corrected chi connectivity index (χ0v) is 9.50. The molecule has 0 unspecified atom stereocenters. The predicted octanol–water partition coefficient (Wildman–Crippen LogP) is 4.38. The molecule has 0 amide bonds. The Balaban J connectivity index is 2.40. The molecule has 0 spiro atoms. The van der Waals surface area contributed by atoms with Gasteiger partial charge >= 0.3 is 0 Å². The fraction of sp³-hybridized carbons (Fsp3) is 0.429. The van der Waals surface area contributed by atoms with Crippen molar-refractivity contribution in [1.82, 2.24) is 0 Å². The second-order valence-corrected chi connectivity index (χ2v) is 3.96. The highest BCUT2D eigenvalue weighted by Gasteiger charge is 1.99. The first-order valence-corrected chi connectivity index (χ1v) is 5.71. The van der Waals surface area contributed by atoms with Gasteiger partial charge in [0.25, 0.3) is 0 Å². The van der Waals surface area contributed by atoms with E-state index in [2.05, 4.69) is 13.5 Å². The van der Waals surface area contributed by atoms with Crippen molar-refractivity contribution in [3.8, 4) is 5.75 Å². The SMILES string of the molecule is C=C(CCCCCC)c1cccc(O)c1. The highest BCUT2D eigenvalue weighted by atomic mass is 16.3. The Labute approximate surface area is 92.5 Å². The molecule has 0 saturated heterocycles. The monoisotopic (exact) mass is 204 g/mol. The van der Waals surface area contributed by atoms with Crippen LogP contribution in [0.25, 0.3) is 5.57 Å². The Kier molecular flexibility index (Phi) is 4.96. The number of rotatable bonds is 6. The molecule has 0 saturated carbocycles. The summed E-state index contributed by atoms with van der Waals surface area (Å²) in [7, 11) is 0. The quantitative estimate of drug-likeness (QED) is 0.682. The van der Waals surface area contributed by atoms with Crippen molar-refractivity contribution in [1.29, 1.82) is 0 Å². The van der Waals surface area contributed by atoms with Gasteiger partial charge in [-0.1, -0.05) is 44.9 Å². The van der Waals surface area contributed by atoms with Crippen molar-refractivity contribution in [3.05, 3.63) is 36.4 Å². The Morgan fingerprint density at radius 2 is 2.07 bits per heavy atom. The lowest BCUT2D eigenvalue weighted by atomic mass is 10.0. The first-order valence-electron chi connectivity index (χ1n) is 5.71. The second kappa shape index (κ2) is 6.28. The fourth-order valence-corrected chi connectivity index (χ4v) is 1.64. The van der Waals surface area contributed by atoms with Crippen LogP contribution in [0.3, 0.4) is 0 Å². The highest BCUT2D eigenvalue weighted by molar-refractivity contribution is 5.64. The van der Waals surface area contributed by atoms with Crippen molar-refractivity contribution >= 4 is 5.57 Å². The van der Waals surface area contributed by atoms with Crippen LogP contribution in [0.15, 0.2) is 30.8 Å². The van der Waals surface area contributed by atoms with E-state index in [9.17, 15) is 5.11 Å². The maximum Gasteiger partial charge on any atom is 0.116 e. The molecule has 0 aliphatic carbocycles. The molecule has 1 heteroatoms. The lowest BCUT2D eigenvalue weighted by Crippen LogP contribution is -1.84. The first kappa shape index (κ1) is 11.8. The van der Waals surface area contributed by atoms with Crippen molar-refractivity contribution in [2.75, 3.05) is 0 Å². The molecule has 0 atom stereocenters. The van der Waals surface area contributed by atoms with Gasteiger partial charge in [0.15, 0.2) is 0 Å². The summed E-state index contributed by atoms with van der Waals surface area (Å²) in [6.07, 6.45) is 6.06. The lowest BCUT2D eigenvalue weighted by molar-refractivity contribution is 0.475. The molecule has 0 aromatic heterocycles. The van der Waals surface area contributed by atoms with Gasteiger partial charge in [-0.15, -0.1) is 0 Å². The minimum Gasteiger partial charge on any atom is -0.508 e. The van der Waals surface area contributed by atoms with Gasteiger partial charge in [-0.05, 0) is 36.1 Å². The minimum absolute atomic E-state index is 0.321. The van der Waals surface area contributed by atoms with Crippen LogP contribution in [0.2, 0.25) is 0 Å². The summed E-state index contributed by atoms with van der Waals surface area (Å²) in [5.41, 5.74) is 2.19. The molecule has 0 aliphatic heterocycles. The van der Waals surface area contributed by atoms with Crippen LogP contribution in [-0.4, -0.2) is 5.11 Å². The number of phenols is 1. The molecule has 0 heterocycles. The molecule has 0 bridgehead atoms. The Hall–Kier alpha value is -1.24. The average molecular weight is 204 g/mol. The summed E-state index contributed by atoms with van der Waals surface area (Å²) in [6, 6.07) is 7.33. The number of benzene rings is 1. The molecular weight excluding hydrogens is 184 g/mol. The molecule has 82 valence electrons.